The molecule has 0 bridgehead atoms. The number of rotatable bonds is 1. The summed E-state index contributed by atoms with van der Waals surface area (Å²) >= 11 is 0. The number of carbonyl (C=O) groups excluding carboxylic acids is 1. The lowest BCUT2D eigenvalue weighted by atomic mass is 9.74. The molecule has 2 heteroatoms. The Morgan fingerprint density at radius 2 is 1.82 bits per heavy atom. The fourth-order valence-corrected chi connectivity index (χ4v) is 3.39. The second kappa shape index (κ2) is 4.52. The van der Waals surface area contributed by atoms with Gasteiger partial charge in [0.25, 0.3) is 5.91 Å². The third-order valence-electron chi connectivity index (χ3n) is 4.31. The number of carbonyl (C=O) groups is 1. The molecule has 0 radical (unpaired) electrons. The molecule has 1 heterocycles. The molecular weight excluding hydrogens is 210 g/mol. The van der Waals surface area contributed by atoms with Gasteiger partial charge in [0.05, 0.1) is 0 Å². The monoisotopic (exact) mass is 229 g/mol. The predicted octanol–water partition coefficient (Wildman–Crippen LogP) is 3.09. The molecule has 90 valence electrons. The van der Waals surface area contributed by atoms with Crippen LogP contribution in [0.25, 0.3) is 0 Å². The van der Waals surface area contributed by atoms with Crippen LogP contribution in [-0.4, -0.2) is 12.5 Å². The number of hydrogen-bond donors (Lipinski definition) is 1. The van der Waals surface area contributed by atoms with Gasteiger partial charge in [-0.2, -0.15) is 0 Å². The molecular formula is C15H19NO. The first kappa shape index (κ1) is 10.8. The van der Waals surface area contributed by atoms with Crippen molar-refractivity contribution in [1.82, 2.24) is 5.32 Å². The summed E-state index contributed by atoms with van der Waals surface area (Å²) in [6.07, 6.45) is 6.76. The molecule has 2 nitrogen and oxygen atoms in total. The van der Waals surface area contributed by atoms with Crippen molar-refractivity contribution < 1.29 is 4.79 Å². The Labute approximate surface area is 102 Å². The highest BCUT2D eigenvalue weighted by Crippen LogP contribution is 2.38. The zero-order chi connectivity index (χ0) is 11.7. The molecule has 1 N–H and O–H groups in total. The van der Waals surface area contributed by atoms with Crippen LogP contribution in [0, 0.1) is 5.92 Å². The van der Waals surface area contributed by atoms with Crippen LogP contribution in [0.15, 0.2) is 24.3 Å². The average molecular weight is 229 g/mol. The Bertz CT molecular complexity index is 421. The van der Waals surface area contributed by atoms with Crippen LogP contribution in [0.5, 0.6) is 0 Å². The summed E-state index contributed by atoms with van der Waals surface area (Å²) in [5.41, 5.74) is 2.18. The molecule has 1 atom stereocenters. The van der Waals surface area contributed by atoms with E-state index in [1.807, 2.05) is 12.1 Å². The SMILES string of the molecule is O=C1NCC(C2CCCCC2)c2ccccc21. The lowest BCUT2D eigenvalue weighted by molar-refractivity contribution is 0.0931. The van der Waals surface area contributed by atoms with Crippen molar-refractivity contribution >= 4 is 5.91 Å². The van der Waals surface area contributed by atoms with Crippen LogP contribution in [0.1, 0.15) is 53.9 Å². The maximum atomic E-state index is 11.8. The van der Waals surface area contributed by atoms with Crippen molar-refractivity contribution in [3.8, 4) is 0 Å². The van der Waals surface area contributed by atoms with Crippen LogP contribution in [0.3, 0.4) is 0 Å². The highest BCUT2D eigenvalue weighted by atomic mass is 16.1. The Kier molecular flexibility index (Phi) is 2.87. The molecule has 1 saturated carbocycles. The quantitative estimate of drug-likeness (QED) is 0.787. The maximum absolute atomic E-state index is 11.8. The van der Waals surface area contributed by atoms with Gasteiger partial charge in [0.2, 0.25) is 0 Å². The van der Waals surface area contributed by atoms with Crippen LogP contribution in [-0.2, 0) is 0 Å². The molecule has 1 aliphatic carbocycles. The van der Waals surface area contributed by atoms with Gasteiger partial charge in [-0.15, -0.1) is 0 Å². The average Bonchev–Trinajstić information content (AvgIpc) is 2.41. The summed E-state index contributed by atoms with van der Waals surface area (Å²) in [6.45, 7) is 0.834. The van der Waals surface area contributed by atoms with Crippen molar-refractivity contribution in [1.29, 1.82) is 0 Å². The van der Waals surface area contributed by atoms with Gasteiger partial charge in [-0.1, -0.05) is 37.5 Å². The zero-order valence-electron chi connectivity index (χ0n) is 10.1. The minimum absolute atomic E-state index is 0.104. The van der Waals surface area contributed by atoms with E-state index in [0.29, 0.717) is 5.92 Å². The summed E-state index contributed by atoms with van der Waals surface area (Å²) in [5.74, 6) is 1.42. The molecule has 1 aliphatic heterocycles. The maximum Gasteiger partial charge on any atom is 0.251 e. The van der Waals surface area contributed by atoms with E-state index < -0.39 is 0 Å². The number of amides is 1. The number of hydrogen-bond acceptors (Lipinski definition) is 1. The van der Waals surface area contributed by atoms with Gasteiger partial charge < -0.3 is 5.32 Å². The molecule has 0 spiro atoms. The van der Waals surface area contributed by atoms with Crippen molar-refractivity contribution in [3.63, 3.8) is 0 Å². The first-order valence-corrected chi connectivity index (χ1v) is 6.73. The molecule has 2 aliphatic rings. The lowest BCUT2D eigenvalue weighted by Gasteiger charge is -2.34. The summed E-state index contributed by atoms with van der Waals surface area (Å²) in [7, 11) is 0. The van der Waals surface area contributed by atoms with Gasteiger partial charge in [-0.3, -0.25) is 4.79 Å². The standard InChI is InChI=1S/C15H19NO/c17-15-13-9-5-4-8-12(13)14(10-16-15)11-6-2-1-3-7-11/h4-5,8-9,11,14H,1-3,6-7,10H2,(H,16,17). The summed E-state index contributed by atoms with van der Waals surface area (Å²) < 4.78 is 0. The van der Waals surface area contributed by atoms with Gasteiger partial charge in [-0.05, 0) is 30.4 Å². The Morgan fingerprint density at radius 1 is 1.06 bits per heavy atom. The fourth-order valence-electron chi connectivity index (χ4n) is 3.39. The Morgan fingerprint density at radius 3 is 2.65 bits per heavy atom. The third-order valence-corrected chi connectivity index (χ3v) is 4.31. The van der Waals surface area contributed by atoms with Crippen molar-refractivity contribution in [2.24, 2.45) is 5.92 Å². The molecule has 0 aromatic heterocycles. The molecule has 1 aromatic carbocycles. The van der Waals surface area contributed by atoms with E-state index in [1.54, 1.807) is 0 Å². The van der Waals surface area contributed by atoms with Crippen LogP contribution < -0.4 is 5.32 Å². The largest absolute Gasteiger partial charge is 0.351 e. The van der Waals surface area contributed by atoms with E-state index in [0.717, 1.165) is 18.0 Å². The van der Waals surface area contributed by atoms with Gasteiger partial charge >= 0.3 is 0 Å². The third kappa shape index (κ3) is 1.97. The van der Waals surface area contributed by atoms with Crippen LogP contribution in [0.2, 0.25) is 0 Å². The second-order valence-electron chi connectivity index (χ2n) is 5.30. The van der Waals surface area contributed by atoms with Crippen molar-refractivity contribution in [2.75, 3.05) is 6.54 Å². The molecule has 1 fully saturated rings. The predicted molar refractivity (Wildman–Crippen MR) is 68.1 cm³/mol. The first-order chi connectivity index (χ1) is 8.36. The fraction of sp³-hybridized carbons (Fsp3) is 0.533. The van der Waals surface area contributed by atoms with E-state index in [-0.39, 0.29) is 5.91 Å². The summed E-state index contributed by atoms with van der Waals surface area (Å²) in [5, 5.41) is 3.05. The van der Waals surface area contributed by atoms with E-state index in [4.69, 9.17) is 0 Å². The molecule has 0 saturated heterocycles. The first-order valence-electron chi connectivity index (χ1n) is 6.73. The molecule has 17 heavy (non-hydrogen) atoms. The van der Waals surface area contributed by atoms with E-state index in [9.17, 15) is 4.79 Å². The topological polar surface area (TPSA) is 29.1 Å². The highest BCUT2D eigenvalue weighted by molar-refractivity contribution is 5.97. The van der Waals surface area contributed by atoms with E-state index in [2.05, 4.69) is 17.4 Å². The molecule has 1 amide bonds. The van der Waals surface area contributed by atoms with Gasteiger partial charge in [0.15, 0.2) is 0 Å². The van der Waals surface area contributed by atoms with Gasteiger partial charge in [0, 0.05) is 18.0 Å². The minimum atomic E-state index is 0.104. The van der Waals surface area contributed by atoms with Gasteiger partial charge in [0.1, 0.15) is 0 Å². The Hall–Kier alpha value is -1.31. The van der Waals surface area contributed by atoms with E-state index in [1.165, 1.54) is 37.7 Å². The Balaban J connectivity index is 1.91. The van der Waals surface area contributed by atoms with Gasteiger partial charge in [-0.25, -0.2) is 0 Å². The zero-order valence-corrected chi connectivity index (χ0v) is 10.1. The minimum Gasteiger partial charge on any atom is -0.351 e. The van der Waals surface area contributed by atoms with Crippen molar-refractivity contribution in [2.45, 2.75) is 38.0 Å². The number of nitrogens with one attached hydrogen (secondary N) is 1. The lowest BCUT2D eigenvalue weighted by Crippen LogP contribution is -2.38. The summed E-state index contributed by atoms with van der Waals surface area (Å²) in [4.78, 5) is 11.8. The smallest absolute Gasteiger partial charge is 0.251 e. The summed E-state index contributed by atoms with van der Waals surface area (Å²) in [6, 6.07) is 8.13. The normalized spacial score (nSPS) is 25.2. The highest BCUT2D eigenvalue weighted by Gasteiger charge is 2.31. The van der Waals surface area contributed by atoms with E-state index >= 15 is 0 Å². The molecule has 1 unspecified atom stereocenters. The van der Waals surface area contributed by atoms with Crippen LogP contribution >= 0.6 is 0 Å². The molecule has 1 aromatic rings. The van der Waals surface area contributed by atoms with Crippen LogP contribution in [0.4, 0.5) is 0 Å². The number of benzene rings is 1. The number of fused-ring (bicyclic) bond motifs is 1. The molecule has 3 rings (SSSR count). The van der Waals surface area contributed by atoms with Crippen molar-refractivity contribution in [3.05, 3.63) is 35.4 Å². The second-order valence-corrected chi connectivity index (χ2v) is 5.30.